The van der Waals surface area contributed by atoms with Crippen LogP contribution >= 0.6 is 0 Å². The Bertz CT molecular complexity index is 1520. The van der Waals surface area contributed by atoms with E-state index in [9.17, 15) is 18.4 Å². The van der Waals surface area contributed by atoms with E-state index in [0.29, 0.717) is 26.1 Å². The molecule has 1 atom stereocenters. The molecule has 2 fully saturated rings. The van der Waals surface area contributed by atoms with Gasteiger partial charge >= 0.3 is 12.1 Å². The molecule has 1 N–H and O–H groups in total. The number of ether oxygens (including phenoxy) is 1. The summed E-state index contributed by atoms with van der Waals surface area (Å²) in [5.74, 6) is -2.71. The molecule has 3 aliphatic heterocycles. The first kappa shape index (κ1) is 28.4. The number of piperidine rings is 1. The van der Waals surface area contributed by atoms with Crippen LogP contribution in [0.3, 0.4) is 0 Å². The van der Waals surface area contributed by atoms with E-state index in [-0.39, 0.29) is 44.1 Å². The van der Waals surface area contributed by atoms with Crippen LogP contribution in [-0.2, 0) is 17.7 Å². The van der Waals surface area contributed by atoms with Gasteiger partial charge in [-0.3, -0.25) is 0 Å². The topological polar surface area (TPSA) is 81.8 Å². The number of pyridine rings is 1. The van der Waals surface area contributed by atoms with Crippen molar-refractivity contribution in [1.29, 1.82) is 0 Å². The summed E-state index contributed by atoms with van der Waals surface area (Å²) in [5, 5.41) is 1.06. The second-order valence-electron chi connectivity index (χ2n) is 12.9. The third-order valence-corrected chi connectivity index (χ3v) is 8.72. The molecule has 0 radical (unpaired) electrons. The zero-order valence-electron chi connectivity index (χ0n) is 24.8. The van der Waals surface area contributed by atoms with Crippen molar-refractivity contribution in [3.63, 3.8) is 0 Å². The van der Waals surface area contributed by atoms with Gasteiger partial charge in [0, 0.05) is 68.9 Å². The van der Waals surface area contributed by atoms with E-state index < -0.39 is 11.5 Å². The normalized spacial score (nSPS) is 20.6. The van der Waals surface area contributed by atoms with Crippen molar-refractivity contribution < 1.29 is 23.1 Å². The van der Waals surface area contributed by atoms with Gasteiger partial charge in [-0.05, 0) is 86.9 Å². The van der Waals surface area contributed by atoms with Crippen LogP contribution in [0.15, 0.2) is 30.6 Å². The molecule has 0 unspecified atom stereocenters. The quantitative estimate of drug-likeness (QED) is 0.361. The number of aromatic nitrogens is 2. The van der Waals surface area contributed by atoms with Crippen molar-refractivity contribution in [2.45, 2.75) is 83.9 Å². The second-order valence-corrected chi connectivity index (χ2v) is 12.9. The SMILES string of the molecule is Cc1c[nH]c2ncc(-c3cc4c(c([C@@H]5CCCN5C(=O)OC(C)(C)C)c3)CN(C(=O)N3CCC(F)(F)CC3)CC4)cc12. The maximum atomic E-state index is 13.8. The van der Waals surface area contributed by atoms with E-state index in [1.54, 1.807) is 9.80 Å². The molecule has 8 nitrogen and oxygen atoms in total. The molecular weight excluding hydrogens is 540 g/mol. The minimum absolute atomic E-state index is 0.0596. The van der Waals surface area contributed by atoms with Crippen molar-refractivity contribution in [3.05, 3.63) is 52.8 Å². The lowest BCUT2D eigenvalue weighted by atomic mass is 9.87. The number of hydrogen-bond donors (Lipinski definition) is 1. The van der Waals surface area contributed by atoms with Crippen LogP contribution in [0.2, 0.25) is 0 Å². The first-order valence-corrected chi connectivity index (χ1v) is 14.9. The Hall–Kier alpha value is -3.69. The third-order valence-electron chi connectivity index (χ3n) is 8.72. The predicted molar refractivity (Wildman–Crippen MR) is 156 cm³/mol. The van der Waals surface area contributed by atoms with E-state index in [4.69, 9.17) is 4.74 Å². The first-order valence-electron chi connectivity index (χ1n) is 14.9. The highest BCUT2D eigenvalue weighted by Gasteiger charge is 2.39. The summed E-state index contributed by atoms with van der Waals surface area (Å²) in [5.41, 5.74) is 6.54. The molecular formula is C32H39F2N5O3. The highest BCUT2D eigenvalue weighted by Crippen LogP contribution is 2.41. The smallest absolute Gasteiger partial charge is 0.410 e. The van der Waals surface area contributed by atoms with Crippen LogP contribution in [0.25, 0.3) is 22.2 Å². The molecule has 2 aromatic heterocycles. The molecule has 3 aromatic rings. The number of carbonyl (C=O) groups is 2. The maximum absolute atomic E-state index is 13.8. The Morgan fingerprint density at radius 2 is 1.81 bits per heavy atom. The van der Waals surface area contributed by atoms with Gasteiger partial charge < -0.3 is 24.4 Å². The molecule has 0 spiro atoms. The van der Waals surface area contributed by atoms with Gasteiger partial charge in [0.25, 0.3) is 5.92 Å². The van der Waals surface area contributed by atoms with Crippen LogP contribution in [-0.4, -0.2) is 74.5 Å². The number of rotatable bonds is 2. The lowest BCUT2D eigenvalue weighted by Crippen LogP contribution is -2.50. The van der Waals surface area contributed by atoms with Gasteiger partial charge in [0.2, 0.25) is 0 Å². The molecule has 5 heterocycles. The standard InChI is InChI=1S/C32H39F2N5O3/c1-20-17-35-28-24(20)16-23(18-36-28)22-14-21-7-11-38(29(40)37-12-8-32(33,34)9-13-37)19-26(21)25(15-22)27-6-5-10-39(27)30(41)42-31(2,3)4/h14-18,27H,5-13,19H2,1-4H3,(H,35,36)/t27-/m0/s1. The van der Waals surface area contributed by atoms with Crippen molar-refractivity contribution in [2.24, 2.45) is 0 Å². The Morgan fingerprint density at radius 3 is 2.55 bits per heavy atom. The van der Waals surface area contributed by atoms with Crippen molar-refractivity contribution in [2.75, 3.05) is 26.2 Å². The molecule has 224 valence electrons. The van der Waals surface area contributed by atoms with Crippen LogP contribution in [0.4, 0.5) is 18.4 Å². The number of H-pyrrole nitrogens is 1. The minimum atomic E-state index is -2.71. The number of carbonyl (C=O) groups excluding carboxylic acids is 2. The van der Waals surface area contributed by atoms with Crippen molar-refractivity contribution >= 4 is 23.2 Å². The Morgan fingerprint density at radius 1 is 1.05 bits per heavy atom. The summed E-state index contributed by atoms with van der Waals surface area (Å²) in [4.78, 5) is 39.8. The number of halogens is 2. The van der Waals surface area contributed by atoms with Crippen molar-refractivity contribution in [1.82, 2.24) is 24.7 Å². The number of nitrogens with one attached hydrogen (secondary N) is 1. The second kappa shape index (κ2) is 10.5. The van der Waals surface area contributed by atoms with Crippen LogP contribution in [0, 0.1) is 6.92 Å². The summed E-state index contributed by atoms with van der Waals surface area (Å²) in [7, 11) is 0. The van der Waals surface area contributed by atoms with Gasteiger partial charge in [-0.2, -0.15) is 0 Å². The van der Waals surface area contributed by atoms with Crippen molar-refractivity contribution in [3.8, 4) is 11.1 Å². The summed E-state index contributed by atoms with van der Waals surface area (Å²) in [6.07, 6.45) is 5.16. The predicted octanol–water partition coefficient (Wildman–Crippen LogP) is 6.82. The van der Waals surface area contributed by atoms with Gasteiger partial charge in [-0.25, -0.2) is 23.4 Å². The number of aryl methyl sites for hydroxylation is 1. The van der Waals surface area contributed by atoms with Gasteiger partial charge in [-0.15, -0.1) is 0 Å². The van der Waals surface area contributed by atoms with E-state index in [2.05, 4.69) is 35.1 Å². The van der Waals surface area contributed by atoms with Crippen LogP contribution < -0.4 is 0 Å². The summed E-state index contributed by atoms with van der Waals surface area (Å²) >= 11 is 0. The molecule has 0 saturated carbocycles. The number of benzene rings is 1. The highest BCUT2D eigenvalue weighted by molar-refractivity contribution is 5.85. The molecule has 6 rings (SSSR count). The molecule has 3 aliphatic rings. The first-order chi connectivity index (χ1) is 19.9. The highest BCUT2D eigenvalue weighted by atomic mass is 19.3. The zero-order chi connectivity index (χ0) is 29.8. The van der Waals surface area contributed by atoms with Crippen LogP contribution in [0.1, 0.15) is 74.8 Å². The lowest BCUT2D eigenvalue weighted by Gasteiger charge is -2.39. The van der Waals surface area contributed by atoms with E-state index >= 15 is 0 Å². The summed E-state index contributed by atoms with van der Waals surface area (Å²) in [6.45, 7) is 9.25. The average Bonchev–Trinajstić information content (AvgIpc) is 3.58. The number of nitrogens with zero attached hydrogens (tertiary/aromatic N) is 4. The van der Waals surface area contributed by atoms with E-state index in [1.165, 1.54) is 0 Å². The maximum Gasteiger partial charge on any atom is 0.410 e. The molecule has 3 amide bonds. The number of aromatic amines is 1. The largest absolute Gasteiger partial charge is 0.444 e. The monoisotopic (exact) mass is 579 g/mol. The fourth-order valence-electron chi connectivity index (χ4n) is 6.47. The minimum Gasteiger partial charge on any atom is -0.444 e. The molecule has 0 bridgehead atoms. The molecule has 2 saturated heterocycles. The fourth-order valence-corrected chi connectivity index (χ4v) is 6.47. The van der Waals surface area contributed by atoms with Crippen LogP contribution in [0.5, 0.6) is 0 Å². The lowest BCUT2D eigenvalue weighted by molar-refractivity contribution is -0.0494. The summed E-state index contributed by atoms with van der Waals surface area (Å²) < 4.78 is 33.3. The molecule has 42 heavy (non-hydrogen) atoms. The summed E-state index contributed by atoms with van der Waals surface area (Å²) in [6, 6.07) is 6.08. The van der Waals surface area contributed by atoms with Gasteiger partial charge in [0.15, 0.2) is 0 Å². The number of alkyl halides is 2. The number of fused-ring (bicyclic) bond motifs is 2. The Kier molecular flexibility index (Phi) is 7.14. The Balaban J connectivity index is 1.37. The number of amides is 3. The fraction of sp³-hybridized carbons (Fsp3) is 0.531. The Labute approximate surface area is 245 Å². The average molecular weight is 580 g/mol. The van der Waals surface area contributed by atoms with Gasteiger partial charge in [-0.1, -0.05) is 6.07 Å². The van der Waals surface area contributed by atoms with Gasteiger partial charge in [0.1, 0.15) is 11.2 Å². The molecule has 0 aliphatic carbocycles. The van der Waals surface area contributed by atoms with Gasteiger partial charge in [0.05, 0.1) is 6.04 Å². The number of hydrogen-bond acceptors (Lipinski definition) is 4. The molecule has 10 heteroatoms. The van der Waals surface area contributed by atoms with E-state index in [1.807, 2.05) is 38.1 Å². The zero-order valence-corrected chi connectivity index (χ0v) is 24.8. The molecule has 1 aromatic carbocycles. The third kappa shape index (κ3) is 5.55. The number of urea groups is 1. The number of likely N-dealkylation sites (tertiary alicyclic amines) is 2. The van der Waals surface area contributed by atoms with E-state index in [0.717, 1.165) is 57.3 Å².